The second-order valence-electron chi connectivity index (χ2n) is 7.40. The number of anilines is 1. The highest BCUT2D eigenvalue weighted by molar-refractivity contribution is 7.90. The van der Waals surface area contributed by atoms with Gasteiger partial charge in [-0.1, -0.05) is 50.3 Å². The SMILES string of the molecule is CCc1cccc2sc(N(CCN(CC)CC)C(=O)c3cccc(S(C)(=O)=O)c3)nc12. The van der Waals surface area contributed by atoms with Crippen molar-refractivity contribution in [3.05, 3.63) is 53.6 Å². The Kier molecular flexibility index (Phi) is 7.46. The van der Waals surface area contributed by atoms with Crippen LogP contribution in [0.2, 0.25) is 0 Å². The first kappa shape index (κ1) is 23.4. The highest BCUT2D eigenvalue weighted by Crippen LogP contribution is 2.32. The Bertz CT molecular complexity index is 1170. The van der Waals surface area contributed by atoms with Crippen molar-refractivity contribution in [2.75, 3.05) is 37.3 Å². The van der Waals surface area contributed by atoms with Crippen molar-refractivity contribution in [2.24, 2.45) is 0 Å². The highest BCUT2D eigenvalue weighted by atomic mass is 32.2. The molecular weight excluding hydrogens is 430 g/mol. The van der Waals surface area contributed by atoms with Gasteiger partial charge < -0.3 is 4.90 Å². The molecule has 0 spiro atoms. The van der Waals surface area contributed by atoms with E-state index in [1.54, 1.807) is 17.0 Å². The second kappa shape index (κ2) is 9.89. The summed E-state index contributed by atoms with van der Waals surface area (Å²) in [6, 6.07) is 12.3. The van der Waals surface area contributed by atoms with E-state index in [0.29, 0.717) is 23.8 Å². The van der Waals surface area contributed by atoms with Crippen molar-refractivity contribution in [3.63, 3.8) is 0 Å². The molecule has 1 heterocycles. The number of hydrogen-bond acceptors (Lipinski definition) is 6. The summed E-state index contributed by atoms with van der Waals surface area (Å²) < 4.78 is 25.0. The number of carbonyl (C=O) groups is 1. The van der Waals surface area contributed by atoms with Crippen LogP contribution in [0.25, 0.3) is 10.2 Å². The zero-order valence-corrected chi connectivity index (χ0v) is 20.1. The largest absolute Gasteiger partial charge is 0.302 e. The number of rotatable bonds is 9. The predicted octanol–water partition coefficient (Wildman–Crippen LogP) is 4.25. The number of amides is 1. The number of aryl methyl sites for hydroxylation is 1. The lowest BCUT2D eigenvalue weighted by atomic mass is 10.1. The van der Waals surface area contributed by atoms with Crippen LogP contribution in [-0.4, -0.2) is 56.6 Å². The van der Waals surface area contributed by atoms with Gasteiger partial charge in [-0.2, -0.15) is 0 Å². The molecule has 0 bridgehead atoms. The molecule has 0 atom stereocenters. The first-order valence-corrected chi connectivity index (χ1v) is 13.2. The second-order valence-corrected chi connectivity index (χ2v) is 10.4. The van der Waals surface area contributed by atoms with Crippen LogP contribution in [0.4, 0.5) is 5.13 Å². The van der Waals surface area contributed by atoms with E-state index in [1.807, 2.05) is 12.1 Å². The summed E-state index contributed by atoms with van der Waals surface area (Å²) in [5, 5.41) is 0.637. The first-order valence-electron chi connectivity index (χ1n) is 10.5. The molecule has 166 valence electrons. The normalized spacial score (nSPS) is 11.9. The quantitative estimate of drug-likeness (QED) is 0.478. The van der Waals surface area contributed by atoms with Crippen LogP contribution in [0.15, 0.2) is 47.4 Å². The molecule has 2 aromatic carbocycles. The Balaban J connectivity index is 2.03. The monoisotopic (exact) mass is 459 g/mol. The molecule has 0 saturated heterocycles. The molecule has 0 N–H and O–H groups in total. The number of benzene rings is 2. The number of para-hydroxylation sites is 1. The number of hydrogen-bond donors (Lipinski definition) is 0. The van der Waals surface area contributed by atoms with Crippen molar-refractivity contribution in [1.29, 1.82) is 0 Å². The summed E-state index contributed by atoms with van der Waals surface area (Å²) in [6.07, 6.45) is 2.01. The fourth-order valence-corrected chi connectivity index (χ4v) is 5.18. The number of sulfone groups is 1. The van der Waals surface area contributed by atoms with Crippen LogP contribution in [-0.2, 0) is 16.3 Å². The molecule has 0 fully saturated rings. The van der Waals surface area contributed by atoms with Gasteiger partial charge in [-0.3, -0.25) is 9.69 Å². The summed E-state index contributed by atoms with van der Waals surface area (Å²) >= 11 is 1.49. The van der Waals surface area contributed by atoms with Gasteiger partial charge in [0.25, 0.3) is 5.91 Å². The van der Waals surface area contributed by atoms with Crippen LogP contribution >= 0.6 is 11.3 Å². The molecule has 0 radical (unpaired) electrons. The number of likely N-dealkylation sites (N-methyl/N-ethyl adjacent to an activating group) is 1. The van der Waals surface area contributed by atoms with Crippen molar-refractivity contribution < 1.29 is 13.2 Å². The molecule has 0 aliphatic rings. The lowest BCUT2D eigenvalue weighted by molar-refractivity contribution is 0.0983. The summed E-state index contributed by atoms with van der Waals surface area (Å²) in [6.45, 7) is 9.25. The minimum Gasteiger partial charge on any atom is -0.302 e. The van der Waals surface area contributed by atoms with Crippen LogP contribution in [0.3, 0.4) is 0 Å². The molecule has 0 unspecified atom stereocenters. The smallest absolute Gasteiger partial charge is 0.260 e. The number of thiazole rings is 1. The summed E-state index contributed by atoms with van der Waals surface area (Å²) in [5.41, 5.74) is 2.42. The van der Waals surface area contributed by atoms with E-state index in [-0.39, 0.29) is 10.8 Å². The average Bonchev–Trinajstić information content (AvgIpc) is 3.20. The average molecular weight is 460 g/mol. The Morgan fingerprint density at radius 1 is 1.03 bits per heavy atom. The van der Waals surface area contributed by atoms with E-state index in [9.17, 15) is 13.2 Å². The molecule has 0 aliphatic heterocycles. The van der Waals surface area contributed by atoms with E-state index in [4.69, 9.17) is 4.98 Å². The van der Waals surface area contributed by atoms with Gasteiger partial charge in [-0.05, 0) is 49.3 Å². The maximum Gasteiger partial charge on any atom is 0.260 e. The van der Waals surface area contributed by atoms with Gasteiger partial charge in [0.1, 0.15) is 0 Å². The fraction of sp³-hybridized carbons (Fsp3) is 0.391. The van der Waals surface area contributed by atoms with Crippen molar-refractivity contribution in [3.8, 4) is 0 Å². The maximum atomic E-state index is 13.5. The van der Waals surface area contributed by atoms with Gasteiger partial charge in [0, 0.05) is 24.9 Å². The molecule has 8 heteroatoms. The van der Waals surface area contributed by atoms with Gasteiger partial charge in [0.05, 0.1) is 15.1 Å². The standard InChI is InChI=1S/C23H29N3O3S2/c1-5-17-10-9-13-20-21(17)24-23(30-20)26(15-14-25(6-2)7-3)22(27)18-11-8-12-19(16-18)31(4,28)29/h8-13,16H,5-7,14-15H2,1-4H3. The van der Waals surface area contributed by atoms with Crippen molar-refractivity contribution in [2.45, 2.75) is 32.1 Å². The lowest BCUT2D eigenvalue weighted by Gasteiger charge is -2.25. The number of carbonyl (C=O) groups excluding carboxylic acids is 1. The summed E-state index contributed by atoms with van der Waals surface area (Å²) in [5.74, 6) is -0.241. The molecule has 1 amide bonds. The van der Waals surface area contributed by atoms with E-state index >= 15 is 0 Å². The number of nitrogens with zero attached hydrogens (tertiary/aromatic N) is 3. The summed E-state index contributed by atoms with van der Waals surface area (Å²) in [4.78, 5) is 22.4. The Labute approximate surface area is 188 Å². The van der Waals surface area contributed by atoms with Gasteiger partial charge in [0.2, 0.25) is 0 Å². The van der Waals surface area contributed by atoms with Gasteiger partial charge in [-0.15, -0.1) is 0 Å². The van der Waals surface area contributed by atoms with Crippen molar-refractivity contribution in [1.82, 2.24) is 9.88 Å². The van der Waals surface area contributed by atoms with Crippen LogP contribution in [0.5, 0.6) is 0 Å². The third-order valence-corrected chi connectivity index (χ3v) is 7.55. The first-order chi connectivity index (χ1) is 14.8. The van der Waals surface area contributed by atoms with E-state index in [2.05, 4.69) is 31.7 Å². The highest BCUT2D eigenvalue weighted by Gasteiger charge is 2.23. The zero-order valence-electron chi connectivity index (χ0n) is 18.5. The third kappa shape index (κ3) is 5.31. The van der Waals surface area contributed by atoms with Gasteiger partial charge in [0.15, 0.2) is 15.0 Å². The molecule has 3 rings (SSSR count). The van der Waals surface area contributed by atoms with E-state index < -0.39 is 9.84 Å². The molecule has 1 aromatic heterocycles. The molecule has 0 aliphatic carbocycles. The maximum absolute atomic E-state index is 13.5. The minimum atomic E-state index is -3.40. The number of aromatic nitrogens is 1. The minimum absolute atomic E-state index is 0.139. The van der Waals surface area contributed by atoms with Gasteiger partial charge in [-0.25, -0.2) is 13.4 Å². The van der Waals surface area contributed by atoms with Crippen LogP contribution in [0, 0.1) is 0 Å². The van der Waals surface area contributed by atoms with Crippen LogP contribution in [0.1, 0.15) is 36.7 Å². The molecular formula is C23H29N3O3S2. The molecule has 31 heavy (non-hydrogen) atoms. The number of fused-ring (bicyclic) bond motifs is 1. The van der Waals surface area contributed by atoms with Crippen molar-refractivity contribution >= 4 is 42.4 Å². The molecule has 0 saturated carbocycles. The Morgan fingerprint density at radius 2 is 1.74 bits per heavy atom. The third-order valence-electron chi connectivity index (χ3n) is 5.39. The molecule has 3 aromatic rings. The zero-order chi connectivity index (χ0) is 22.6. The topological polar surface area (TPSA) is 70.6 Å². The van der Waals surface area contributed by atoms with E-state index in [0.717, 1.165) is 41.5 Å². The Morgan fingerprint density at radius 3 is 2.39 bits per heavy atom. The van der Waals surface area contributed by atoms with Crippen LogP contribution < -0.4 is 4.90 Å². The Hall–Kier alpha value is -2.29. The molecule has 6 nitrogen and oxygen atoms in total. The predicted molar refractivity (Wildman–Crippen MR) is 128 cm³/mol. The fourth-order valence-electron chi connectivity index (χ4n) is 3.48. The van der Waals surface area contributed by atoms with Gasteiger partial charge >= 0.3 is 0 Å². The lowest BCUT2D eigenvalue weighted by Crippen LogP contribution is -2.39. The summed E-state index contributed by atoms with van der Waals surface area (Å²) in [7, 11) is -3.40. The van der Waals surface area contributed by atoms with E-state index in [1.165, 1.54) is 23.5 Å².